The quantitative estimate of drug-likeness (QED) is 0.143. The van der Waals surface area contributed by atoms with Crippen LogP contribution in [-0.4, -0.2) is 46.4 Å². The number of nitrogens with zero attached hydrogens (tertiary/aromatic N) is 3. The minimum atomic E-state index is -0.537. The molecule has 3 aromatic carbocycles. The Morgan fingerprint density at radius 3 is 2.53 bits per heavy atom. The molecule has 0 fully saturated rings. The molecular weight excluding hydrogens is 602 g/mol. The molecule has 234 valence electrons. The summed E-state index contributed by atoms with van der Waals surface area (Å²) in [5.41, 5.74) is 1.33. The molecule has 5 rings (SSSR count). The van der Waals surface area contributed by atoms with Crippen LogP contribution in [0.15, 0.2) is 70.1 Å². The summed E-state index contributed by atoms with van der Waals surface area (Å²) in [5.74, 6) is 0.407. The number of nitro groups is 1. The lowest BCUT2D eigenvalue weighted by Crippen LogP contribution is -2.43. The molecule has 1 aliphatic rings. The second-order valence-electron chi connectivity index (χ2n) is 11.3. The zero-order valence-electron chi connectivity index (χ0n) is 25.1. The Labute approximate surface area is 264 Å². The third-order valence-electron chi connectivity index (χ3n) is 7.57. The Morgan fingerprint density at radius 1 is 1.00 bits per heavy atom. The van der Waals surface area contributed by atoms with Crippen LogP contribution in [0.3, 0.4) is 0 Å². The zero-order valence-corrected chi connectivity index (χ0v) is 25.8. The third kappa shape index (κ3) is 7.26. The van der Waals surface area contributed by atoms with Gasteiger partial charge in [-0.3, -0.25) is 24.5 Å². The SMILES string of the molecule is Cc1ccc(C(=O)N(CCC(C)C)CC(=O)N(Cc2ccc3c(c2)OCO3)Cc2coc3ccc(Cl)cc3c2=O)cc1[N+](=O)[O-]. The van der Waals surface area contributed by atoms with Gasteiger partial charge in [-0.2, -0.15) is 0 Å². The maximum Gasteiger partial charge on any atom is 0.273 e. The van der Waals surface area contributed by atoms with Gasteiger partial charge in [0.25, 0.3) is 11.6 Å². The highest BCUT2D eigenvalue weighted by atomic mass is 35.5. The number of carbonyl (C=O) groups is 2. The van der Waals surface area contributed by atoms with Crippen molar-refractivity contribution in [2.45, 2.75) is 40.3 Å². The molecule has 4 aromatic rings. The molecule has 2 heterocycles. The Hall–Kier alpha value is -4.90. The van der Waals surface area contributed by atoms with Crippen LogP contribution in [0.5, 0.6) is 11.5 Å². The van der Waals surface area contributed by atoms with Crippen LogP contribution in [0.1, 0.15) is 47.3 Å². The monoisotopic (exact) mass is 633 g/mol. The smallest absolute Gasteiger partial charge is 0.273 e. The van der Waals surface area contributed by atoms with Gasteiger partial charge in [0, 0.05) is 35.3 Å². The van der Waals surface area contributed by atoms with Crippen molar-refractivity contribution >= 4 is 40.1 Å². The highest BCUT2D eigenvalue weighted by Gasteiger charge is 2.26. The lowest BCUT2D eigenvalue weighted by atomic mass is 10.1. The number of benzene rings is 3. The first-order valence-corrected chi connectivity index (χ1v) is 14.8. The van der Waals surface area contributed by atoms with E-state index < -0.39 is 16.7 Å². The summed E-state index contributed by atoms with van der Waals surface area (Å²) in [7, 11) is 0. The van der Waals surface area contributed by atoms with Crippen molar-refractivity contribution in [3.05, 3.63) is 108 Å². The molecule has 0 spiro atoms. The van der Waals surface area contributed by atoms with Crippen LogP contribution in [0.4, 0.5) is 5.69 Å². The first-order valence-electron chi connectivity index (χ1n) is 14.4. The Morgan fingerprint density at radius 2 is 1.78 bits per heavy atom. The van der Waals surface area contributed by atoms with E-state index in [1.807, 2.05) is 13.8 Å². The predicted octanol–water partition coefficient (Wildman–Crippen LogP) is 6.11. The van der Waals surface area contributed by atoms with Crippen LogP contribution in [0.2, 0.25) is 5.02 Å². The number of carbonyl (C=O) groups excluding carboxylic acids is 2. The number of nitro benzene ring substituents is 1. The maximum atomic E-state index is 14.0. The van der Waals surface area contributed by atoms with E-state index in [1.165, 1.54) is 40.3 Å². The molecule has 0 aliphatic carbocycles. The first-order chi connectivity index (χ1) is 21.5. The molecule has 0 bridgehead atoms. The molecule has 12 heteroatoms. The lowest BCUT2D eigenvalue weighted by molar-refractivity contribution is -0.385. The van der Waals surface area contributed by atoms with Gasteiger partial charge < -0.3 is 23.7 Å². The normalized spacial score (nSPS) is 12.0. The van der Waals surface area contributed by atoms with Crippen molar-refractivity contribution in [2.24, 2.45) is 5.92 Å². The highest BCUT2D eigenvalue weighted by Crippen LogP contribution is 2.33. The Balaban J connectivity index is 1.47. The van der Waals surface area contributed by atoms with E-state index in [4.69, 9.17) is 25.5 Å². The fourth-order valence-electron chi connectivity index (χ4n) is 5.00. The summed E-state index contributed by atoms with van der Waals surface area (Å²) in [5, 5.41) is 12.2. The summed E-state index contributed by atoms with van der Waals surface area (Å²) < 4.78 is 16.6. The second kappa shape index (κ2) is 13.4. The minimum Gasteiger partial charge on any atom is -0.464 e. The van der Waals surface area contributed by atoms with Gasteiger partial charge in [-0.05, 0) is 61.2 Å². The van der Waals surface area contributed by atoms with Gasteiger partial charge in [0.2, 0.25) is 12.7 Å². The van der Waals surface area contributed by atoms with Crippen LogP contribution >= 0.6 is 11.6 Å². The molecule has 1 aromatic heterocycles. The number of hydrogen-bond donors (Lipinski definition) is 0. The fourth-order valence-corrected chi connectivity index (χ4v) is 5.17. The summed E-state index contributed by atoms with van der Waals surface area (Å²) in [4.78, 5) is 55.1. The molecular formula is C33H32ClN3O8. The maximum absolute atomic E-state index is 14.0. The van der Waals surface area contributed by atoms with E-state index in [1.54, 1.807) is 37.3 Å². The lowest BCUT2D eigenvalue weighted by Gasteiger charge is -2.28. The van der Waals surface area contributed by atoms with Crippen LogP contribution < -0.4 is 14.9 Å². The fraction of sp³-hybridized carbons (Fsp3) is 0.303. The van der Waals surface area contributed by atoms with E-state index in [0.29, 0.717) is 34.1 Å². The molecule has 1 aliphatic heterocycles. The van der Waals surface area contributed by atoms with E-state index >= 15 is 0 Å². The van der Waals surface area contributed by atoms with Crippen molar-refractivity contribution < 1.29 is 28.4 Å². The van der Waals surface area contributed by atoms with Crippen LogP contribution in [0, 0.1) is 23.0 Å². The number of aryl methyl sites for hydroxylation is 1. The summed E-state index contributed by atoms with van der Waals surface area (Å²) in [6.07, 6.45) is 1.93. The van der Waals surface area contributed by atoms with Crippen LogP contribution in [-0.2, 0) is 17.9 Å². The van der Waals surface area contributed by atoms with Crippen LogP contribution in [0.25, 0.3) is 11.0 Å². The molecule has 45 heavy (non-hydrogen) atoms. The van der Waals surface area contributed by atoms with Crippen molar-refractivity contribution in [3.63, 3.8) is 0 Å². The van der Waals surface area contributed by atoms with Gasteiger partial charge in [0.05, 0.1) is 28.7 Å². The highest BCUT2D eigenvalue weighted by molar-refractivity contribution is 6.31. The topological polar surface area (TPSA) is 132 Å². The zero-order chi connectivity index (χ0) is 32.2. The van der Waals surface area contributed by atoms with E-state index in [-0.39, 0.29) is 66.5 Å². The summed E-state index contributed by atoms with van der Waals surface area (Å²) in [6.45, 7) is 5.59. The number of ether oxygens (including phenoxy) is 2. The molecule has 0 atom stereocenters. The van der Waals surface area contributed by atoms with Crippen molar-refractivity contribution in [2.75, 3.05) is 19.9 Å². The number of halogens is 1. The molecule has 0 unspecified atom stereocenters. The Bertz CT molecular complexity index is 1840. The molecule has 2 amide bonds. The Kier molecular flexibility index (Phi) is 9.38. The third-order valence-corrected chi connectivity index (χ3v) is 7.81. The number of amides is 2. The molecule has 0 saturated carbocycles. The van der Waals surface area contributed by atoms with Crippen molar-refractivity contribution in [1.82, 2.24) is 9.80 Å². The molecule has 0 radical (unpaired) electrons. The first kappa shape index (κ1) is 31.5. The van der Waals surface area contributed by atoms with Crippen molar-refractivity contribution in [3.8, 4) is 11.5 Å². The molecule has 0 saturated heterocycles. The van der Waals surface area contributed by atoms with E-state index in [9.17, 15) is 24.5 Å². The van der Waals surface area contributed by atoms with Gasteiger partial charge >= 0.3 is 0 Å². The standard InChI is InChI=1S/C33H32ClN3O8/c1-20(2)10-11-35(33(40)23-6-4-21(3)27(13-23)37(41)42)17-31(38)36(15-22-5-8-29-30(12-22)45-19-44-29)16-24-18-43-28-9-7-25(34)14-26(28)32(24)39/h4-9,12-14,18,20H,10-11,15-17,19H2,1-3H3. The largest absolute Gasteiger partial charge is 0.464 e. The van der Waals surface area contributed by atoms with E-state index in [0.717, 1.165) is 5.56 Å². The van der Waals surface area contributed by atoms with Gasteiger partial charge in [0.1, 0.15) is 12.1 Å². The number of rotatable bonds is 11. The predicted molar refractivity (Wildman–Crippen MR) is 168 cm³/mol. The van der Waals surface area contributed by atoms with Gasteiger partial charge in [-0.15, -0.1) is 0 Å². The summed E-state index contributed by atoms with van der Waals surface area (Å²) in [6, 6.07) is 14.3. The van der Waals surface area contributed by atoms with Crippen molar-refractivity contribution in [1.29, 1.82) is 0 Å². The second-order valence-corrected chi connectivity index (χ2v) is 11.8. The molecule has 0 N–H and O–H groups in total. The van der Waals surface area contributed by atoms with Gasteiger partial charge in [0.15, 0.2) is 16.9 Å². The van der Waals surface area contributed by atoms with Gasteiger partial charge in [-0.25, -0.2) is 0 Å². The number of fused-ring (bicyclic) bond motifs is 2. The van der Waals surface area contributed by atoms with Gasteiger partial charge in [-0.1, -0.05) is 37.6 Å². The average molecular weight is 634 g/mol. The summed E-state index contributed by atoms with van der Waals surface area (Å²) >= 11 is 6.14. The average Bonchev–Trinajstić information content (AvgIpc) is 3.48. The van der Waals surface area contributed by atoms with E-state index in [2.05, 4.69) is 0 Å². The minimum absolute atomic E-state index is 0.0880. The molecule has 11 nitrogen and oxygen atoms in total. The number of hydrogen-bond acceptors (Lipinski definition) is 8.